The van der Waals surface area contributed by atoms with Crippen molar-refractivity contribution in [2.75, 3.05) is 13.1 Å². The Balaban J connectivity index is 2.75. The van der Waals surface area contributed by atoms with Crippen LogP contribution >= 0.6 is 0 Å². The lowest BCUT2D eigenvalue weighted by atomic mass is 10.1. The van der Waals surface area contributed by atoms with E-state index in [1.807, 2.05) is 20.8 Å². The Morgan fingerprint density at radius 3 is 2.59 bits per heavy atom. The van der Waals surface area contributed by atoms with Crippen LogP contribution in [-0.4, -0.2) is 19.2 Å². The SMILES string of the molecule is CCNCC(Oc1cccc(F)c1F)C(C)C. The Labute approximate surface area is 101 Å². The maximum atomic E-state index is 13.4. The largest absolute Gasteiger partial charge is 0.486 e. The average Bonchev–Trinajstić information content (AvgIpc) is 2.29. The number of benzene rings is 1. The van der Waals surface area contributed by atoms with Crippen molar-refractivity contribution >= 4 is 0 Å². The van der Waals surface area contributed by atoms with Gasteiger partial charge < -0.3 is 10.1 Å². The fraction of sp³-hybridized carbons (Fsp3) is 0.538. The number of likely N-dealkylation sites (N-methyl/N-ethyl adjacent to an activating group) is 1. The first-order valence-corrected chi connectivity index (χ1v) is 5.87. The predicted molar refractivity (Wildman–Crippen MR) is 64.2 cm³/mol. The van der Waals surface area contributed by atoms with Crippen molar-refractivity contribution in [3.63, 3.8) is 0 Å². The third kappa shape index (κ3) is 3.97. The Morgan fingerprint density at radius 2 is 2.00 bits per heavy atom. The number of nitrogens with one attached hydrogen (secondary N) is 1. The second-order valence-corrected chi connectivity index (χ2v) is 4.26. The quantitative estimate of drug-likeness (QED) is 0.829. The normalized spacial score (nSPS) is 12.8. The molecule has 0 aliphatic heterocycles. The summed E-state index contributed by atoms with van der Waals surface area (Å²) in [6.07, 6.45) is -0.175. The van der Waals surface area contributed by atoms with Crippen LogP contribution in [0.4, 0.5) is 8.78 Å². The van der Waals surface area contributed by atoms with Crippen LogP contribution in [0, 0.1) is 17.6 Å². The molecule has 2 nitrogen and oxygen atoms in total. The molecule has 96 valence electrons. The molecule has 1 atom stereocenters. The first kappa shape index (κ1) is 13.9. The van der Waals surface area contributed by atoms with Gasteiger partial charge in [-0.2, -0.15) is 4.39 Å². The number of ether oxygens (including phenoxy) is 1. The molecule has 0 aliphatic rings. The fourth-order valence-electron chi connectivity index (χ4n) is 1.44. The summed E-state index contributed by atoms with van der Waals surface area (Å²) in [6, 6.07) is 3.97. The van der Waals surface area contributed by atoms with Crippen LogP contribution in [0.5, 0.6) is 5.75 Å². The molecule has 4 heteroatoms. The molecule has 17 heavy (non-hydrogen) atoms. The first-order chi connectivity index (χ1) is 8.06. The standard InChI is InChI=1S/C13H19F2NO/c1-4-16-8-12(9(2)3)17-11-7-5-6-10(14)13(11)15/h5-7,9,12,16H,4,8H2,1-3H3. The number of halogens is 2. The van der Waals surface area contributed by atoms with Crippen LogP contribution in [0.1, 0.15) is 20.8 Å². The average molecular weight is 243 g/mol. The molecule has 0 fully saturated rings. The van der Waals surface area contributed by atoms with Crippen molar-refractivity contribution in [2.24, 2.45) is 5.92 Å². The minimum absolute atomic E-state index is 0.0263. The van der Waals surface area contributed by atoms with Crippen LogP contribution in [0.2, 0.25) is 0 Å². The molecule has 0 radical (unpaired) electrons. The van der Waals surface area contributed by atoms with Crippen molar-refractivity contribution < 1.29 is 13.5 Å². The van der Waals surface area contributed by atoms with Gasteiger partial charge in [0.2, 0.25) is 5.82 Å². The maximum absolute atomic E-state index is 13.4. The van der Waals surface area contributed by atoms with E-state index in [1.165, 1.54) is 12.1 Å². The molecule has 0 saturated heterocycles. The van der Waals surface area contributed by atoms with Crippen molar-refractivity contribution in [1.29, 1.82) is 0 Å². The highest BCUT2D eigenvalue weighted by molar-refractivity contribution is 5.25. The molecular weight excluding hydrogens is 224 g/mol. The smallest absolute Gasteiger partial charge is 0.200 e. The molecule has 0 amide bonds. The van der Waals surface area contributed by atoms with Gasteiger partial charge in [0.25, 0.3) is 0 Å². The van der Waals surface area contributed by atoms with Gasteiger partial charge in [-0.05, 0) is 24.6 Å². The maximum Gasteiger partial charge on any atom is 0.200 e. The number of hydrogen-bond donors (Lipinski definition) is 1. The molecule has 0 heterocycles. The van der Waals surface area contributed by atoms with Crippen molar-refractivity contribution in [3.8, 4) is 5.75 Å². The molecule has 0 spiro atoms. The lowest BCUT2D eigenvalue weighted by Crippen LogP contribution is -2.35. The molecule has 0 aliphatic carbocycles. The van der Waals surface area contributed by atoms with E-state index < -0.39 is 11.6 Å². The molecule has 1 N–H and O–H groups in total. The summed E-state index contributed by atoms with van der Waals surface area (Å²) in [4.78, 5) is 0. The lowest BCUT2D eigenvalue weighted by Gasteiger charge is -2.23. The van der Waals surface area contributed by atoms with Crippen molar-refractivity contribution in [3.05, 3.63) is 29.8 Å². The van der Waals surface area contributed by atoms with Crippen molar-refractivity contribution in [1.82, 2.24) is 5.32 Å². The second-order valence-electron chi connectivity index (χ2n) is 4.26. The summed E-state index contributed by atoms with van der Waals surface area (Å²) in [5.41, 5.74) is 0. The van der Waals surface area contributed by atoms with Gasteiger partial charge in [-0.1, -0.05) is 26.8 Å². The fourth-order valence-corrected chi connectivity index (χ4v) is 1.44. The minimum Gasteiger partial charge on any atom is -0.486 e. The van der Waals surface area contributed by atoms with E-state index >= 15 is 0 Å². The van der Waals surface area contributed by atoms with Gasteiger partial charge in [0.1, 0.15) is 6.10 Å². The van der Waals surface area contributed by atoms with E-state index in [4.69, 9.17) is 4.74 Å². The lowest BCUT2D eigenvalue weighted by molar-refractivity contribution is 0.142. The Kier molecular flexibility index (Phi) is 5.35. The van der Waals surface area contributed by atoms with Gasteiger partial charge in [-0.3, -0.25) is 0 Å². The number of hydrogen-bond acceptors (Lipinski definition) is 2. The molecule has 1 rings (SSSR count). The van der Waals surface area contributed by atoms with Crippen LogP contribution < -0.4 is 10.1 Å². The first-order valence-electron chi connectivity index (χ1n) is 5.87. The zero-order chi connectivity index (χ0) is 12.8. The summed E-state index contributed by atoms with van der Waals surface area (Å²) in [5, 5.41) is 3.14. The summed E-state index contributed by atoms with van der Waals surface area (Å²) in [7, 11) is 0. The monoisotopic (exact) mass is 243 g/mol. The van der Waals surface area contributed by atoms with Crippen LogP contribution in [0.25, 0.3) is 0 Å². The minimum atomic E-state index is -0.922. The predicted octanol–water partition coefficient (Wildman–Crippen LogP) is 2.98. The summed E-state index contributed by atoms with van der Waals surface area (Å²) in [5.74, 6) is -1.61. The zero-order valence-electron chi connectivity index (χ0n) is 10.5. The van der Waals surface area contributed by atoms with Crippen molar-refractivity contribution in [2.45, 2.75) is 26.9 Å². The highest BCUT2D eigenvalue weighted by Gasteiger charge is 2.18. The highest BCUT2D eigenvalue weighted by atomic mass is 19.2. The highest BCUT2D eigenvalue weighted by Crippen LogP contribution is 2.22. The number of rotatable bonds is 6. The van der Waals surface area contributed by atoms with Gasteiger partial charge in [-0.15, -0.1) is 0 Å². The summed E-state index contributed by atoms with van der Waals surface area (Å²) in [6.45, 7) is 7.39. The van der Waals surface area contributed by atoms with E-state index in [0.29, 0.717) is 6.54 Å². The third-order valence-corrected chi connectivity index (χ3v) is 2.53. The molecule has 1 aromatic carbocycles. The molecule has 0 bridgehead atoms. The van der Waals surface area contributed by atoms with E-state index in [9.17, 15) is 8.78 Å². The summed E-state index contributed by atoms with van der Waals surface area (Å²) < 4.78 is 32.0. The Morgan fingerprint density at radius 1 is 1.29 bits per heavy atom. The van der Waals surface area contributed by atoms with E-state index in [-0.39, 0.29) is 17.8 Å². The van der Waals surface area contributed by atoms with Gasteiger partial charge in [0.15, 0.2) is 11.6 Å². The molecule has 1 unspecified atom stereocenters. The topological polar surface area (TPSA) is 21.3 Å². The Bertz CT molecular complexity index is 355. The Hall–Kier alpha value is -1.16. The van der Waals surface area contributed by atoms with Gasteiger partial charge in [-0.25, -0.2) is 4.39 Å². The van der Waals surface area contributed by atoms with E-state index in [1.54, 1.807) is 0 Å². The summed E-state index contributed by atoms with van der Waals surface area (Å²) >= 11 is 0. The molecule has 0 aromatic heterocycles. The molecule has 0 saturated carbocycles. The van der Waals surface area contributed by atoms with E-state index in [0.717, 1.165) is 12.6 Å². The van der Waals surface area contributed by atoms with E-state index in [2.05, 4.69) is 5.32 Å². The second kappa shape index (κ2) is 6.55. The van der Waals surface area contributed by atoms with Gasteiger partial charge >= 0.3 is 0 Å². The molecule has 1 aromatic rings. The third-order valence-electron chi connectivity index (χ3n) is 2.53. The van der Waals surface area contributed by atoms with Crippen LogP contribution in [0.3, 0.4) is 0 Å². The zero-order valence-corrected chi connectivity index (χ0v) is 10.5. The van der Waals surface area contributed by atoms with Gasteiger partial charge in [0, 0.05) is 6.54 Å². The van der Waals surface area contributed by atoms with Gasteiger partial charge in [0.05, 0.1) is 0 Å². The van der Waals surface area contributed by atoms with Crippen LogP contribution in [0.15, 0.2) is 18.2 Å². The molecular formula is C13H19F2NO. The van der Waals surface area contributed by atoms with Crippen LogP contribution in [-0.2, 0) is 0 Å².